The highest BCUT2D eigenvalue weighted by Crippen LogP contribution is 2.16. The summed E-state index contributed by atoms with van der Waals surface area (Å²) in [5.74, 6) is 0.0918. The third kappa shape index (κ3) is 6.76. The van der Waals surface area contributed by atoms with Crippen molar-refractivity contribution in [2.24, 2.45) is 0 Å². The number of amides is 1. The molecule has 3 nitrogen and oxygen atoms in total. The Labute approximate surface area is 129 Å². The van der Waals surface area contributed by atoms with Crippen LogP contribution in [0.15, 0.2) is 18.2 Å². The van der Waals surface area contributed by atoms with Crippen LogP contribution in [-0.4, -0.2) is 30.4 Å². The summed E-state index contributed by atoms with van der Waals surface area (Å²) in [6, 6.07) is 6.13. The molecule has 1 aromatic carbocycles. The van der Waals surface area contributed by atoms with Gasteiger partial charge in [-0.3, -0.25) is 9.69 Å². The van der Waals surface area contributed by atoms with Gasteiger partial charge >= 0.3 is 0 Å². The summed E-state index contributed by atoms with van der Waals surface area (Å²) in [6.45, 7) is 11.0. The van der Waals surface area contributed by atoms with Gasteiger partial charge in [0.2, 0.25) is 5.91 Å². The van der Waals surface area contributed by atoms with Crippen molar-refractivity contribution in [3.63, 3.8) is 0 Å². The number of carbonyl (C=O) groups is 1. The van der Waals surface area contributed by atoms with E-state index < -0.39 is 0 Å². The van der Waals surface area contributed by atoms with Crippen molar-refractivity contribution in [1.82, 2.24) is 4.90 Å². The Morgan fingerprint density at radius 2 is 1.71 bits per heavy atom. The van der Waals surface area contributed by atoms with Crippen LogP contribution in [0.25, 0.3) is 0 Å². The molecule has 1 rings (SSSR count). The van der Waals surface area contributed by atoms with Gasteiger partial charge in [0.15, 0.2) is 0 Å². The molecule has 0 radical (unpaired) electrons. The summed E-state index contributed by atoms with van der Waals surface area (Å²) in [6.07, 6.45) is 4.64. The largest absolute Gasteiger partial charge is 0.325 e. The molecule has 0 bridgehead atoms. The number of hydrogen-bond donors (Lipinski definition) is 1. The molecule has 0 saturated carbocycles. The van der Waals surface area contributed by atoms with E-state index in [0.717, 1.165) is 37.2 Å². The lowest BCUT2D eigenvalue weighted by Gasteiger charge is -2.21. The van der Waals surface area contributed by atoms with Crippen molar-refractivity contribution in [2.45, 2.75) is 53.4 Å². The van der Waals surface area contributed by atoms with Crippen molar-refractivity contribution < 1.29 is 4.79 Å². The van der Waals surface area contributed by atoms with Gasteiger partial charge in [-0.05, 0) is 51.4 Å². The topological polar surface area (TPSA) is 32.3 Å². The summed E-state index contributed by atoms with van der Waals surface area (Å²) < 4.78 is 0. The molecule has 21 heavy (non-hydrogen) atoms. The SMILES string of the molecule is CCCCN(CCCC)CC(=O)Nc1ccc(C)cc1C. The molecule has 0 spiro atoms. The standard InChI is InChI=1S/C18H30N2O/c1-5-7-11-20(12-8-6-2)14-18(21)19-17-10-9-15(3)13-16(17)4/h9-10,13H,5-8,11-12,14H2,1-4H3,(H,19,21). The Balaban J connectivity index is 2.55. The van der Waals surface area contributed by atoms with Crippen LogP contribution in [0.4, 0.5) is 5.69 Å². The lowest BCUT2D eigenvalue weighted by Crippen LogP contribution is -2.34. The second kappa shape index (κ2) is 9.56. The van der Waals surface area contributed by atoms with Gasteiger partial charge in [-0.1, -0.05) is 44.4 Å². The fourth-order valence-electron chi connectivity index (χ4n) is 2.38. The number of anilines is 1. The number of hydrogen-bond acceptors (Lipinski definition) is 2. The van der Waals surface area contributed by atoms with Crippen LogP contribution >= 0.6 is 0 Å². The molecule has 0 aromatic heterocycles. The smallest absolute Gasteiger partial charge is 0.238 e. The van der Waals surface area contributed by atoms with Gasteiger partial charge in [0, 0.05) is 5.69 Å². The summed E-state index contributed by atoms with van der Waals surface area (Å²) in [7, 11) is 0. The molecule has 0 saturated heterocycles. The van der Waals surface area contributed by atoms with Crippen LogP contribution in [-0.2, 0) is 4.79 Å². The first-order chi connectivity index (χ1) is 10.1. The highest BCUT2D eigenvalue weighted by atomic mass is 16.2. The zero-order chi connectivity index (χ0) is 15.7. The molecule has 0 aliphatic rings. The van der Waals surface area contributed by atoms with Crippen molar-refractivity contribution >= 4 is 11.6 Å². The first-order valence-corrected chi connectivity index (χ1v) is 8.16. The number of benzene rings is 1. The number of carbonyl (C=O) groups excluding carboxylic acids is 1. The van der Waals surface area contributed by atoms with E-state index in [-0.39, 0.29) is 5.91 Å². The number of unbranched alkanes of at least 4 members (excludes halogenated alkanes) is 2. The predicted molar refractivity (Wildman–Crippen MR) is 90.8 cm³/mol. The van der Waals surface area contributed by atoms with Crippen molar-refractivity contribution in [3.05, 3.63) is 29.3 Å². The normalized spacial score (nSPS) is 10.9. The lowest BCUT2D eigenvalue weighted by molar-refractivity contribution is -0.117. The Morgan fingerprint density at radius 3 is 2.24 bits per heavy atom. The molecule has 1 amide bonds. The summed E-state index contributed by atoms with van der Waals surface area (Å²) in [5.41, 5.74) is 3.27. The van der Waals surface area contributed by atoms with Crippen LogP contribution in [0.5, 0.6) is 0 Å². The first kappa shape index (κ1) is 17.7. The minimum atomic E-state index is 0.0918. The average molecular weight is 290 g/mol. The zero-order valence-electron chi connectivity index (χ0n) is 14.0. The number of rotatable bonds is 9. The summed E-state index contributed by atoms with van der Waals surface area (Å²) in [5, 5.41) is 3.04. The van der Waals surface area contributed by atoms with Gasteiger partial charge in [0.05, 0.1) is 6.54 Å². The van der Waals surface area contributed by atoms with Gasteiger partial charge < -0.3 is 5.32 Å². The third-order valence-electron chi connectivity index (χ3n) is 3.68. The zero-order valence-corrected chi connectivity index (χ0v) is 14.0. The Morgan fingerprint density at radius 1 is 1.10 bits per heavy atom. The van der Waals surface area contributed by atoms with Crippen LogP contribution in [0.1, 0.15) is 50.7 Å². The second-order valence-electron chi connectivity index (χ2n) is 5.85. The van der Waals surface area contributed by atoms with Gasteiger partial charge in [-0.25, -0.2) is 0 Å². The maximum Gasteiger partial charge on any atom is 0.238 e. The Bertz CT molecular complexity index is 435. The molecule has 0 aliphatic heterocycles. The Hall–Kier alpha value is -1.35. The summed E-state index contributed by atoms with van der Waals surface area (Å²) in [4.78, 5) is 14.5. The molecule has 1 N–H and O–H groups in total. The fraction of sp³-hybridized carbons (Fsp3) is 0.611. The minimum absolute atomic E-state index is 0.0918. The monoisotopic (exact) mass is 290 g/mol. The van der Waals surface area contributed by atoms with E-state index in [4.69, 9.17) is 0 Å². The molecule has 1 aromatic rings. The van der Waals surface area contributed by atoms with Crippen LogP contribution in [0.3, 0.4) is 0 Å². The molecule has 0 unspecified atom stereocenters. The van der Waals surface area contributed by atoms with E-state index in [2.05, 4.69) is 37.1 Å². The average Bonchev–Trinajstić information content (AvgIpc) is 2.45. The van der Waals surface area contributed by atoms with Crippen LogP contribution in [0.2, 0.25) is 0 Å². The quantitative estimate of drug-likeness (QED) is 0.741. The number of nitrogens with zero attached hydrogens (tertiary/aromatic N) is 1. The molecule has 0 aliphatic carbocycles. The van der Waals surface area contributed by atoms with Crippen LogP contribution < -0.4 is 5.32 Å². The van der Waals surface area contributed by atoms with Gasteiger partial charge in [-0.2, -0.15) is 0 Å². The second-order valence-corrected chi connectivity index (χ2v) is 5.85. The Kier molecular flexibility index (Phi) is 8.06. The molecule has 0 fully saturated rings. The van der Waals surface area contributed by atoms with Gasteiger partial charge in [0.25, 0.3) is 0 Å². The third-order valence-corrected chi connectivity index (χ3v) is 3.68. The van der Waals surface area contributed by atoms with Gasteiger partial charge in [0.1, 0.15) is 0 Å². The van der Waals surface area contributed by atoms with Gasteiger partial charge in [-0.15, -0.1) is 0 Å². The highest BCUT2D eigenvalue weighted by molar-refractivity contribution is 5.93. The molecular formula is C18H30N2O. The van der Waals surface area contributed by atoms with Crippen molar-refractivity contribution in [2.75, 3.05) is 25.0 Å². The van der Waals surface area contributed by atoms with E-state index >= 15 is 0 Å². The molecule has 118 valence electrons. The van der Waals surface area contributed by atoms with E-state index in [1.807, 2.05) is 19.1 Å². The predicted octanol–water partition coefficient (Wildman–Crippen LogP) is 4.14. The van der Waals surface area contributed by atoms with Crippen LogP contribution in [0, 0.1) is 13.8 Å². The lowest BCUT2D eigenvalue weighted by atomic mass is 10.1. The maximum absolute atomic E-state index is 12.2. The molecule has 0 heterocycles. The van der Waals surface area contributed by atoms with Crippen molar-refractivity contribution in [1.29, 1.82) is 0 Å². The van der Waals surface area contributed by atoms with E-state index in [1.165, 1.54) is 18.4 Å². The minimum Gasteiger partial charge on any atom is -0.325 e. The first-order valence-electron chi connectivity index (χ1n) is 8.16. The molecule has 0 atom stereocenters. The maximum atomic E-state index is 12.2. The summed E-state index contributed by atoms with van der Waals surface area (Å²) >= 11 is 0. The number of aryl methyl sites for hydroxylation is 2. The van der Waals surface area contributed by atoms with Crippen molar-refractivity contribution in [3.8, 4) is 0 Å². The van der Waals surface area contributed by atoms with E-state index in [1.54, 1.807) is 0 Å². The molecule has 3 heteroatoms. The fourth-order valence-corrected chi connectivity index (χ4v) is 2.38. The number of nitrogens with one attached hydrogen (secondary N) is 1. The molecular weight excluding hydrogens is 260 g/mol. The highest BCUT2D eigenvalue weighted by Gasteiger charge is 2.11. The van der Waals surface area contributed by atoms with E-state index in [0.29, 0.717) is 6.54 Å². The van der Waals surface area contributed by atoms with E-state index in [9.17, 15) is 4.79 Å².